The van der Waals surface area contributed by atoms with E-state index in [-0.39, 0.29) is 17.7 Å². The fraction of sp³-hybridized carbons (Fsp3) is 0.417. The van der Waals surface area contributed by atoms with Gasteiger partial charge in [-0.15, -0.1) is 0 Å². The maximum absolute atomic E-state index is 13.1. The summed E-state index contributed by atoms with van der Waals surface area (Å²) in [4.78, 5) is 11.7. The van der Waals surface area contributed by atoms with E-state index in [1.807, 2.05) is 6.92 Å². The van der Waals surface area contributed by atoms with Crippen molar-refractivity contribution < 1.29 is 13.9 Å². The molecule has 1 aliphatic rings. The molecule has 1 aliphatic carbocycles. The van der Waals surface area contributed by atoms with Gasteiger partial charge in [0.15, 0.2) is 0 Å². The van der Waals surface area contributed by atoms with Crippen molar-refractivity contribution in [2.45, 2.75) is 18.8 Å². The molecule has 0 radical (unpaired) electrons. The molecule has 0 bridgehead atoms. The second kappa shape index (κ2) is 3.33. The monoisotopic (exact) mass is 208 g/mol. The summed E-state index contributed by atoms with van der Waals surface area (Å²) in [7, 11) is 1.37. The van der Waals surface area contributed by atoms with Crippen LogP contribution in [0.15, 0.2) is 24.3 Å². The smallest absolute Gasteiger partial charge is 0.316 e. The third-order valence-corrected chi connectivity index (χ3v) is 3.20. The number of rotatable bonds is 2. The van der Waals surface area contributed by atoms with Crippen molar-refractivity contribution in [3.8, 4) is 0 Å². The molecule has 2 rings (SSSR count). The van der Waals surface area contributed by atoms with Crippen LogP contribution in [0.2, 0.25) is 0 Å². The predicted molar refractivity (Wildman–Crippen MR) is 53.9 cm³/mol. The highest BCUT2D eigenvalue weighted by Crippen LogP contribution is 2.54. The number of hydrogen-bond acceptors (Lipinski definition) is 2. The lowest BCUT2D eigenvalue weighted by Crippen LogP contribution is -2.24. The molecule has 2 atom stereocenters. The molecule has 0 amide bonds. The second-order valence-electron chi connectivity index (χ2n) is 4.08. The van der Waals surface area contributed by atoms with Gasteiger partial charge in [0.25, 0.3) is 0 Å². The van der Waals surface area contributed by atoms with E-state index in [0.717, 1.165) is 12.0 Å². The summed E-state index contributed by atoms with van der Waals surface area (Å²) < 4.78 is 17.8. The van der Waals surface area contributed by atoms with Crippen LogP contribution >= 0.6 is 0 Å². The van der Waals surface area contributed by atoms with E-state index in [2.05, 4.69) is 0 Å². The van der Waals surface area contributed by atoms with Crippen LogP contribution in [0.25, 0.3) is 0 Å². The Hall–Kier alpha value is -1.38. The topological polar surface area (TPSA) is 26.3 Å². The molecule has 0 spiro atoms. The van der Waals surface area contributed by atoms with Crippen LogP contribution in [0.3, 0.4) is 0 Å². The number of hydrogen-bond donors (Lipinski definition) is 0. The largest absolute Gasteiger partial charge is 0.468 e. The first-order valence-corrected chi connectivity index (χ1v) is 4.95. The third kappa shape index (κ3) is 1.42. The number of carbonyl (C=O) groups excluding carboxylic acids is 1. The van der Waals surface area contributed by atoms with Crippen molar-refractivity contribution >= 4 is 5.97 Å². The summed E-state index contributed by atoms with van der Waals surface area (Å²) in [6.45, 7) is 1.97. The zero-order chi connectivity index (χ0) is 11.1. The number of halogens is 1. The summed E-state index contributed by atoms with van der Waals surface area (Å²) in [5, 5.41) is 0. The molecule has 1 aromatic rings. The van der Waals surface area contributed by atoms with Gasteiger partial charge in [-0.1, -0.05) is 19.1 Å². The van der Waals surface area contributed by atoms with E-state index in [1.54, 1.807) is 12.1 Å². The number of esters is 1. The lowest BCUT2D eigenvalue weighted by atomic mass is 9.93. The van der Waals surface area contributed by atoms with Crippen molar-refractivity contribution in [2.24, 2.45) is 5.92 Å². The highest BCUT2D eigenvalue weighted by atomic mass is 19.1. The summed E-state index contributed by atoms with van der Waals surface area (Å²) >= 11 is 0. The first kappa shape index (κ1) is 10.1. The van der Waals surface area contributed by atoms with Crippen LogP contribution < -0.4 is 0 Å². The molecule has 0 heterocycles. The molecule has 1 fully saturated rings. The van der Waals surface area contributed by atoms with Crippen molar-refractivity contribution in [3.63, 3.8) is 0 Å². The standard InChI is InChI=1S/C12H13FO2/c1-8-7-12(8,11(14)15-2)9-4-3-5-10(13)6-9/h3-6,8H,7H2,1-2H3. The summed E-state index contributed by atoms with van der Waals surface area (Å²) in [6.07, 6.45) is 0.739. The fourth-order valence-electron chi connectivity index (χ4n) is 2.18. The van der Waals surface area contributed by atoms with Gasteiger partial charge in [0.05, 0.1) is 12.5 Å². The van der Waals surface area contributed by atoms with Gasteiger partial charge in [-0.2, -0.15) is 0 Å². The van der Waals surface area contributed by atoms with E-state index in [0.29, 0.717) is 0 Å². The molecule has 1 saturated carbocycles. The lowest BCUT2D eigenvalue weighted by molar-refractivity contribution is -0.144. The first-order chi connectivity index (χ1) is 7.11. The Morgan fingerprint density at radius 3 is 2.73 bits per heavy atom. The average molecular weight is 208 g/mol. The molecule has 15 heavy (non-hydrogen) atoms. The molecule has 2 nitrogen and oxygen atoms in total. The molecular formula is C12H13FO2. The minimum Gasteiger partial charge on any atom is -0.468 e. The Morgan fingerprint density at radius 1 is 1.60 bits per heavy atom. The maximum atomic E-state index is 13.1. The first-order valence-electron chi connectivity index (χ1n) is 4.95. The van der Waals surface area contributed by atoms with Crippen LogP contribution in [0.5, 0.6) is 0 Å². The van der Waals surface area contributed by atoms with Gasteiger partial charge < -0.3 is 4.74 Å². The molecular weight excluding hydrogens is 195 g/mol. The molecule has 1 aromatic carbocycles. The molecule has 3 heteroatoms. The maximum Gasteiger partial charge on any atom is 0.316 e. The summed E-state index contributed by atoms with van der Waals surface area (Å²) in [6, 6.07) is 6.20. The van der Waals surface area contributed by atoms with Crippen LogP contribution in [-0.4, -0.2) is 13.1 Å². The van der Waals surface area contributed by atoms with Gasteiger partial charge in [0, 0.05) is 0 Å². The Kier molecular flexibility index (Phi) is 2.25. The van der Waals surface area contributed by atoms with Crippen LogP contribution in [0, 0.1) is 11.7 Å². The van der Waals surface area contributed by atoms with Gasteiger partial charge in [0.2, 0.25) is 0 Å². The summed E-state index contributed by atoms with van der Waals surface area (Å²) in [5.41, 5.74) is 0.124. The molecule has 0 aliphatic heterocycles. The molecule has 0 aromatic heterocycles. The quantitative estimate of drug-likeness (QED) is 0.697. The van der Waals surface area contributed by atoms with Crippen LogP contribution in [0.4, 0.5) is 4.39 Å². The molecule has 2 unspecified atom stereocenters. The Morgan fingerprint density at radius 2 is 2.27 bits per heavy atom. The molecule has 80 valence electrons. The van der Waals surface area contributed by atoms with E-state index in [1.165, 1.54) is 19.2 Å². The zero-order valence-electron chi connectivity index (χ0n) is 8.79. The Labute approximate surface area is 88.1 Å². The molecule has 0 N–H and O–H groups in total. The minimum atomic E-state index is -0.600. The Bertz CT molecular complexity index is 402. The van der Waals surface area contributed by atoms with Gasteiger partial charge in [-0.05, 0) is 30.0 Å². The number of benzene rings is 1. The van der Waals surface area contributed by atoms with E-state index in [4.69, 9.17) is 4.74 Å². The highest BCUT2D eigenvalue weighted by molar-refractivity contribution is 5.87. The lowest BCUT2D eigenvalue weighted by Gasteiger charge is -2.14. The fourth-order valence-corrected chi connectivity index (χ4v) is 2.18. The van der Waals surface area contributed by atoms with Crippen molar-refractivity contribution in [1.29, 1.82) is 0 Å². The summed E-state index contributed by atoms with van der Waals surface area (Å²) in [5.74, 6) is -0.345. The number of methoxy groups -OCH3 is 1. The average Bonchev–Trinajstić information content (AvgIpc) is 2.90. The van der Waals surface area contributed by atoms with Crippen molar-refractivity contribution in [1.82, 2.24) is 0 Å². The third-order valence-electron chi connectivity index (χ3n) is 3.20. The Balaban J connectivity index is 2.40. The van der Waals surface area contributed by atoms with E-state index >= 15 is 0 Å². The van der Waals surface area contributed by atoms with Gasteiger partial charge in [-0.25, -0.2) is 4.39 Å². The second-order valence-corrected chi connectivity index (χ2v) is 4.08. The van der Waals surface area contributed by atoms with E-state index in [9.17, 15) is 9.18 Å². The van der Waals surface area contributed by atoms with Crippen molar-refractivity contribution in [3.05, 3.63) is 35.6 Å². The number of ether oxygens (including phenoxy) is 1. The van der Waals surface area contributed by atoms with Gasteiger partial charge >= 0.3 is 5.97 Å². The van der Waals surface area contributed by atoms with Gasteiger partial charge in [0.1, 0.15) is 5.82 Å². The van der Waals surface area contributed by atoms with E-state index < -0.39 is 5.41 Å². The van der Waals surface area contributed by atoms with Crippen LogP contribution in [0.1, 0.15) is 18.9 Å². The normalized spacial score (nSPS) is 28.6. The van der Waals surface area contributed by atoms with Crippen molar-refractivity contribution in [2.75, 3.05) is 7.11 Å². The highest BCUT2D eigenvalue weighted by Gasteiger charge is 2.59. The van der Waals surface area contributed by atoms with Gasteiger partial charge in [-0.3, -0.25) is 4.79 Å². The predicted octanol–water partition coefficient (Wildman–Crippen LogP) is 2.28. The van der Waals surface area contributed by atoms with Crippen LogP contribution in [-0.2, 0) is 14.9 Å². The SMILES string of the molecule is COC(=O)C1(c2cccc(F)c2)CC1C. The molecule has 0 saturated heterocycles. The zero-order valence-corrected chi connectivity index (χ0v) is 8.79. The number of carbonyl (C=O) groups is 1. The minimum absolute atomic E-state index is 0.228.